The van der Waals surface area contributed by atoms with E-state index in [1.807, 2.05) is 43.3 Å². The lowest BCUT2D eigenvalue weighted by Gasteiger charge is -2.15. The summed E-state index contributed by atoms with van der Waals surface area (Å²) in [4.78, 5) is 14.4. The van der Waals surface area contributed by atoms with Gasteiger partial charge in [0.1, 0.15) is 11.5 Å². The third kappa shape index (κ3) is 2.69. The van der Waals surface area contributed by atoms with E-state index in [1.54, 1.807) is 4.90 Å². The first kappa shape index (κ1) is 13.8. The van der Waals surface area contributed by atoms with Crippen molar-refractivity contribution in [2.45, 2.75) is 19.4 Å². The molecule has 1 aliphatic heterocycles. The first-order valence-electron chi connectivity index (χ1n) is 7.06. The van der Waals surface area contributed by atoms with Crippen LogP contribution in [0.4, 0.5) is 0 Å². The Morgan fingerprint density at radius 2 is 2.14 bits per heavy atom. The van der Waals surface area contributed by atoms with Crippen LogP contribution in [0.25, 0.3) is 0 Å². The zero-order chi connectivity index (χ0) is 14.8. The van der Waals surface area contributed by atoms with Gasteiger partial charge in [0.2, 0.25) is 5.91 Å². The number of aryl methyl sites for hydroxylation is 1. The van der Waals surface area contributed by atoms with Crippen LogP contribution in [0.1, 0.15) is 22.9 Å². The Kier molecular flexibility index (Phi) is 3.75. The number of aliphatic hydroxyl groups is 1. The molecule has 1 amide bonds. The molecule has 5 heteroatoms. The van der Waals surface area contributed by atoms with E-state index < -0.39 is 0 Å². The highest BCUT2D eigenvalue weighted by molar-refractivity contribution is 5.86. The summed E-state index contributed by atoms with van der Waals surface area (Å²) in [6.07, 6.45) is 0. The molecule has 0 radical (unpaired) electrons. The summed E-state index contributed by atoms with van der Waals surface area (Å²) in [6.45, 7) is 2.79. The first-order valence-corrected chi connectivity index (χ1v) is 7.06. The Labute approximate surface area is 123 Å². The van der Waals surface area contributed by atoms with Crippen molar-refractivity contribution in [2.75, 3.05) is 13.2 Å². The van der Waals surface area contributed by atoms with Gasteiger partial charge in [-0.05, 0) is 12.5 Å². The topological polar surface area (TPSA) is 66.6 Å². The molecule has 1 fully saturated rings. The lowest BCUT2D eigenvalue weighted by Crippen LogP contribution is -2.26. The standard InChI is InChI=1S/C16H18N2O3/c1-11-7-14(17-21-11)9-18-8-13(10-19)15(16(18)20)12-5-3-2-4-6-12/h2-7,13,15,19H,8-10H2,1H3. The number of hydrogen-bond donors (Lipinski definition) is 1. The minimum absolute atomic E-state index is 0.000353. The number of carbonyl (C=O) groups excluding carboxylic acids is 1. The number of carbonyl (C=O) groups is 1. The van der Waals surface area contributed by atoms with Gasteiger partial charge in [-0.15, -0.1) is 0 Å². The molecule has 1 aliphatic rings. The molecule has 1 aromatic carbocycles. The van der Waals surface area contributed by atoms with E-state index in [9.17, 15) is 9.90 Å². The normalized spacial score (nSPS) is 22.0. The summed E-state index contributed by atoms with van der Waals surface area (Å²) < 4.78 is 5.04. The molecule has 1 aromatic heterocycles. The van der Waals surface area contributed by atoms with Gasteiger partial charge in [0.05, 0.1) is 12.5 Å². The number of nitrogens with zero attached hydrogens (tertiary/aromatic N) is 2. The number of hydrogen-bond acceptors (Lipinski definition) is 4. The average Bonchev–Trinajstić information content (AvgIpc) is 3.04. The molecule has 0 spiro atoms. The molecule has 21 heavy (non-hydrogen) atoms. The number of likely N-dealkylation sites (tertiary alicyclic amines) is 1. The fourth-order valence-electron chi connectivity index (χ4n) is 2.95. The van der Waals surface area contributed by atoms with Gasteiger partial charge in [0, 0.05) is 25.1 Å². The largest absolute Gasteiger partial charge is 0.396 e. The number of benzene rings is 1. The predicted octanol–water partition coefficient (Wildman–Crippen LogP) is 1.72. The van der Waals surface area contributed by atoms with E-state index in [-0.39, 0.29) is 24.3 Å². The summed E-state index contributed by atoms with van der Waals surface area (Å²) in [7, 11) is 0. The van der Waals surface area contributed by atoms with Gasteiger partial charge in [-0.2, -0.15) is 0 Å². The molecular formula is C16H18N2O3. The molecular weight excluding hydrogens is 268 g/mol. The fourth-order valence-corrected chi connectivity index (χ4v) is 2.95. The molecule has 1 N–H and O–H groups in total. The zero-order valence-electron chi connectivity index (χ0n) is 11.9. The molecule has 0 bridgehead atoms. The summed E-state index contributed by atoms with van der Waals surface area (Å²) in [5.41, 5.74) is 1.70. The number of amides is 1. The van der Waals surface area contributed by atoms with Gasteiger partial charge in [-0.3, -0.25) is 4.79 Å². The highest BCUT2D eigenvalue weighted by Crippen LogP contribution is 2.34. The maximum atomic E-state index is 12.6. The van der Waals surface area contributed by atoms with Crippen LogP contribution < -0.4 is 0 Å². The lowest BCUT2D eigenvalue weighted by atomic mass is 9.89. The predicted molar refractivity (Wildman–Crippen MR) is 76.4 cm³/mol. The average molecular weight is 286 g/mol. The Bertz CT molecular complexity index is 623. The van der Waals surface area contributed by atoms with Crippen molar-refractivity contribution in [1.29, 1.82) is 0 Å². The molecule has 0 saturated carbocycles. The molecule has 0 aliphatic carbocycles. The van der Waals surface area contributed by atoms with E-state index >= 15 is 0 Å². The minimum Gasteiger partial charge on any atom is -0.396 e. The Hall–Kier alpha value is -2.14. The second kappa shape index (κ2) is 5.69. The molecule has 5 nitrogen and oxygen atoms in total. The summed E-state index contributed by atoms with van der Waals surface area (Å²) in [6, 6.07) is 11.5. The highest BCUT2D eigenvalue weighted by Gasteiger charge is 2.40. The van der Waals surface area contributed by atoms with Crippen LogP contribution in [0.3, 0.4) is 0 Å². The number of aromatic nitrogens is 1. The Morgan fingerprint density at radius 1 is 1.38 bits per heavy atom. The third-order valence-electron chi connectivity index (χ3n) is 3.93. The van der Waals surface area contributed by atoms with Crippen molar-refractivity contribution in [3.8, 4) is 0 Å². The van der Waals surface area contributed by atoms with Crippen LogP contribution >= 0.6 is 0 Å². The second-order valence-corrected chi connectivity index (χ2v) is 5.48. The van der Waals surface area contributed by atoms with Gasteiger partial charge in [-0.1, -0.05) is 35.5 Å². The Balaban J connectivity index is 1.81. The summed E-state index contributed by atoms with van der Waals surface area (Å²) >= 11 is 0. The highest BCUT2D eigenvalue weighted by atomic mass is 16.5. The minimum atomic E-state index is -0.274. The Morgan fingerprint density at radius 3 is 2.76 bits per heavy atom. The van der Waals surface area contributed by atoms with Crippen LogP contribution in [0.5, 0.6) is 0 Å². The molecule has 2 atom stereocenters. The fraction of sp³-hybridized carbons (Fsp3) is 0.375. The quantitative estimate of drug-likeness (QED) is 0.929. The van der Waals surface area contributed by atoms with Crippen molar-refractivity contribution in [2.24, 2.45) is 5.92 Å². The van der Waals surface area contributed by atoms with Gasteiger partial charge in [0.25, 0.3) is 0 Å². The maximum absolute atomic E-state index is 12.6. The second-order valence-electron chi connectivity index (χ2n) is 5.48. The van der Waals surface area contributed by atoms with E-state index in [2.05, 4.69) is 5.16 Å². The molecule has 1 saturated heterocycles. The van der Waals surface area contributed by atoms with Gasteiger partial charge in [0.15, 0.2) is 0 Å². The smallest absolute Gasteiger partial charge is 0.230 e. The van der Waals surface area contributed by atoms with Gasteiger partial charge >= 0.3 is 0 Å². The van der Waals surface area contributed by atoms with Crippen LogP contribution in [0.15, 0.2) is 40.9 Å². The van der Waals surface area contributed by atoms with Gasteiger partial charge < -0.3 is 14.5 Å². The molecule has 2 unspecified atom stereocenters. The van der Waals surface area contributed by atoms with Crippen molar-refractivity contribution < 1.29 is 14.4 Å². The van der Waals surface area contributed by atoms with Crippen LogP contribution in [0, 0.1) is 12.8 Å². The number of rotatable bonds is 4. The lowest BCUT2D eigenvalue weighted by molar-refractivity contribution is -0.129. The van der Waals surface area contributed by atoms with Crippen LogP contribution in [-0.4, -0.2) is 34.2 Å². The summed E-state index contributed by atoms with van der Waals surface area (Å²) in [5.74, 6) is 0.424. The van der Waals surface area contributed by atoms with Crippen LogP contribution in [0.2, 0.25) is 0 Å². The van der Waals surface area contributed by atoms with E-state index in [0.717, 1.165) is 17.0 Å². The van der Waals surface area contributed by atoms with Crippen molar-refractivity contribution >= 4 is 5.91 Å². The SMILES string of the molecule is Cc1cc(CN2CC(CO)C(c3ccccc3)C2=O)no1. The van der Waals surface area contributed by atoms with E-state index in [1.165, 1.54) is 0 Å². The monoisotopic (exact) mass is 286 g/mol. The van der Waals surface area contributed by atoms with Crippen molar-refractivity contribution in [3.05, 3.63) is 53.4 Å². The van der Waals surface area contributed by atoms with Crippen LogP contribution in [-0.2, 0) is 11.3 Å². The molecule has 3 rings (SSSR count). The van der Waals surface area contributed by atoms with Crippen molar-refractivity contribution in [1.82, 2.24) is 10.1 Å². The van der Waals surface area contributed by atoms with E-state index in [4.69, 9.17) is 4.52 Å². The van der Waals surface area contributed by atoms with Crippen molar-refractivity contribution in [3.63, 3.8) is 0 Å². The first-order chi connectivity index (χ1) is 10.2. The maximum Gasteiger partial charge on any atom is 0.230 e. The van der Waals surface area contributed by atoms with E-state index in [0.29, 0.717) is 13.1 Å². The third-order valence-corrected chi connectivity index (χ3v) is 3.93. The summed E-state index contributed by atoms with van der Waals surface area (Å²) in [5, 5.41) is 13.5. The molecule has 2 aromatic rings. The van der Waals surface area contributed by atoms with Gasteiger partial charge in [-0.25, -0.2) is 0 Å². The zero-order valence-corrected chi connectivity index (χ0v) is 11.9. The number of aliphatic hydroxyl groups excluding tert-OH is 1. The molecule has 2 heterocycles. The molecule has 110 valence electrons.